The molecule has 142 valence electrons. The molecule has 3 aliphatic heterocycles. The van der Waals surface area contributed by atoms with E-state index < -0.39 is 6.09 Å². The van der Waals surface area contributed by atoms with Crippen LogP contribution in [0.2, 0.25) is 0 Å². The lowest BCUT2D eigenvalue weighted by molar-refractivity contribution is 0.148. The molecule has 0 aromatic heterocycles. The first-order chi connectivity index (χ1) is 12.5. The minimum Gasteiger partial charge on any atom is -0.465 e. The van der Waals surface area contributed by atoms with E-state index >= 15 is 0 Å². The highest BCUT2D eigenvalue weighted by atomic mass is 16.4. The second-order valence-corrected chi connectivity index (χ2v) is 8.64. The Bertz CT molecular complexity index is 655. The lowest BCUT2D eigenvalue weighted by Crippen LogP contribution is -2.32. The predicted octanol–water partition coefficient (Wildman–Crippen LogP) is 3.45. The van der Waals surface area contributed by atoms with Crippen LogP contribution >= 0.6 is 0 Å². The zero-order chi connectivity index (χ0) is 18.3. The zero-order valence-electron chi connectivity index (χ0n) is 16.0. The molecular weight excluding hydrogens is 326 g/mol. The van der Waals surface area contributed by atoms with Crippen molar-refractivity contribution in [1.29, 1.82) is 0 Å². The van der Waals surface area contributed by atoms with E-state index in [0.717, 1.165) is 19.6 Å². The van der Waals surface area contributed by atoms with Crippen molar-refractivity contribution in [2.45, 2.75) is 39.2 Å². The summed E-state index contributed by atoms with van der Waals surface area (Å²) in [4.78, 5) is 17.9. The van der Waals surface area contributed by atoms with Gasteiger partial charge in [-0.05, 0) is 47.8 Å². The van der Waals surface area contributed by atoms with Gasteiger partial charge in [0.05, 0.1) is 0 Å². The van der Waals surface area contributed by atoms with Crippen LogP contribution in [0.4, 0.5) is 10.5 Å². The molecule has 0 aliphatic carbocycles. The minimum absolute atomic E-state index is 0.510. The van der Waals surface area contributed by atoms with E-state index in [9.17, 15) is 9.90 Å². The Morgan fingerprint density at radius 2 is 1.77 bits per heavy atom. The summed E-state index contributed by atoms with van der Waals surface area (Å²) in [5.41, 5.74) is 4.29. The molecule has 2 atom stereocenters. The molecule has 2 unspecified atom stereocenters. The molecule has 1 amide bonds. The number of carbonyl (C=O) groups is 1. The van der Waals surface area contributed by atoms with Gasteiger partial charge in [-0.2, -0.15) is 0 Å². The molecular formula is C21H31N3O2. The van der Waals surface area contributed by atoms with Crippen molar-refractivity contribution in [2.75, 3.05) is 44.2 Å². The molecule has 1 aromatic rings. The van der Waals surface area contributed by atoms with Gasteiger partial charge in [-0.15, -0.1) is 0 Å². The smallest absolute Gasteiger partial charge is 0.407 e. The first kappa shape index (κ1) is 17.7. The van der Waals surface area contributed by atoms with Crippen molar-refractivity contribution in [3.63, 3.8) is 0 Å². The molecule has 5 heteroatoms. The number of fused-ring (bicyclic) bond motifs is 1. The van der Waals surface area contributed by atoms with Crippen molar-refractivity contribution >= 4 is 11.8 Å². The first-order valence-corrected chi connectivity index (χ1v) is 10.1. The van der Waals surface area contributed by atoms with Gasteiger partial charge in [0.1, 0.15) is 0 Å². The molecule has 1 N–H and O–H groups in total. The molecule has 0 saturated carbocycles. The van der Waals surface area contributed by atoms with Crippen LogP contribution in [0.3, 0.4) is 0 Å². The van der Waals surface area contributed by atoms with Crippen molar-refractivity contribution in [3.8, 4) is 0 Å². The summed E-state index contributed by atoms with van der Waals surface area (Å²) in [5.74, 6) is 1.58. The van der Waals surface area contributed by atoms with Crippen LogP contribution in [0.25, 0.3) is 0 Å². The Hall–Kier alpha value is -1.75. The monoisotopic (exact) mass is 357 g/mol. The zero-order valence-corrected chi connectivity index (χ0v) is 16.0. The van der Waals surface area contributed by atoms with Gasteiger partial charge in [0.2, 0.25) is 0 Å². The fraction of sp³-hybridized carbons (Fsp3) is 0.667. The highest BCUT2D eigenvalue weighted by molar-refractivity contribution is 5.65. The van der Waals surface area contributed by atoms with Gasteiger partial charge in [-0.25, -0.2) is 4.79 Å². The molecule has 0 spiro atoms. The third kappa shape index (κ3) is 3.41. The van der Waals surface area contributed by atoms with Crippen LogP contribution in [0, 0.1) is 11.8 Å². The van der Waals surface area contributed by atoms with Crippen LogP contribution < -0.4 is 4.90 Å². The van der Waals surface area contributed by atoms with Crippen LogP contribution in [0.1, 0.15) is 43.7 Å². The maximum atomic E-state index is 11.2. The second-order valence-electron chi connectivity index (χ2n) is 8.64. The standard InChI is InChI=1S/C21H31N3O2/c1-15(2)16-5-6-17(20(9-16)23-7-3-4-8-23)10-22-11-18-13-24(21(25)26)14-19(18)12-22/h5-6,9,15,18-19H,3-4,7-8,10-14H2,1-2H3,(H,25,26). The fourth-order valence-electron chi connectivity index (χ4n) is 4.94. The summed E-state index contributed by atoms with van der Waals surface area (Å²) in [6, 6.07) is 7.04. The Balaban J connectivity index is 1.48. The van der Waals surface area contributed by atoms with Gasteiger partial charge in [0.25, 0.3) is 0 Å². The SMILES string of the molecule is CC(C)c1ccc(CN2CC3CN(C(=O)O)CC3C2)c(N2CCCC2)c1. The van der Waals surface area contributed by atoms with E-state index in [1.54, 1.807) is 4.90 Å². The Labute approximate surface area is 156 Å². The van der Waals surface area contributed by atoms with Gasteiger partial charge in [0.15, 0.2) is 0 Å². The fourth-order valence-corrected chi connectivity index (χ4v) is 4.94. The summed E-state index contributed by atoms with van der Waals surface area (Å²) in [6.07, 6.45) is 1.83. The molecule has 26 heavy (non-hydrogen) atoms. The summed E-state index contributed by atoms with van der Waals surface area (Å²) in [6.45, 7) is 11.3. The highest BCUT2D eigenvalue weighted by Crippen LogP contribution is 2.34. The molecule has 5 nitrogen and oxygen atoms in total. The maximum absolute atomic E-state index is 11.2. The van der Waals surface area contributed by atoms with Crippen LogP contribution in [0.15, 0.2) is 18.2 Å². The lowest BCUT2D eigenvalue weighted by atomic mass is 9.99. The van der Waals surface area contributed by atoms with E-state index in [1.165, 1.54) is 42.7 Å². The third-order valence-electron chi connectivity index (χ3n) is 6.45. The number of carboxylic acid groups (broad SMARTS) is 1. The van der Waals surface area contributed by atoms with Gasteiger partial charge < -0.3 is 14.9 Å². The predicted molar refractivity (Wildman–Crippen MR) is 104 cm³/mol. The Morgan fingerprint density at radius 1 is 1.12 bits per heavy atom. The van der Waals surface area contributed by atoms with Crippen molar-refractivity contribution < 1.29 is 9.90 Å². The largest absolute Gasteiger partial charge is 0.465 e. The van der Waals surface area contributed by atoms with E-state index in [4.69, 9.17) is 0 Å². The molecule has 0 bridgehead atoms. The number of benzene rings is 1. The molecule has 4 rings (SSSR count). The number of rotatable bonds is 4. The summed E-state index contributed by atoms with van der Waals surface area (Å²) < 4.78 is 0. The minimum atomic E-state index is -0.758. The number of amides is 1. The van der Waals surface area contributed by atoms with E-state index in [1.807, 2.05) is 0 Å². The Kier molecular flexibility index (Phi) is 4.82. The van der Waals surface area contributed by atoms with Crippen LogP contribution in [-0.2, 0) is 6.54 Å². The quantitative estimate of drug-likeness (QED) is 0.897. The molecule has 3 aliphatic rings. The van der Waals surface area contributed by atoms with E-state index in [0.29, 0.717) is 30.8 Å². The number of nitrogens with zero attached hydrogens (tertiary/aromatic N) is 3. The molecule has 1 aromatic carbocycles. The molecule has 0 radical (unpaired) electrons. The highest BCUT2D eigenvalue weighted by Gasteiger charge is 2.41. The molecule has 3 fully saturated rings. The van der Waals surface area contributed by atoms with Crippen molar-refractivity contribution in [3.05, 3.63) is 29.3 Å². The van der Waals surface area contributed by atoms with E-state index in [-0.39, 0.29) is 0 Å². The van der Waals surface area contributed by atoms with Gasteiger partial charge in [-0.3, -0.25) is 4.90 Å². The van der Waals surface area contributed by atoms with E-state index in [2.05, 4.69) is 41.8 Å². The van der Waals surface area contributed by atoms with Crippen LogP contribution in [-0.4, -0.2) is 60.3 Å². The van der Waals surface area contributed by atoms with Crippen molar-refractivity contribution in [2.24, 2.45) is 11.8 Å². The first-order valence-electron chi connectivity index (χ1n) is 10.1. The number of hydrogen-bond donors (Lipinski definition) is 1. The molecule has 3 heterocycles. The van der Waals surface area contributed by atoms with Gasteiger partial charge in [-0.1, -0.05) is 26.0 Å². The third-order valence-corrected chi connectivity index (χ3v) is 6.45. The number of anilines is 1. The van der Waals surface area contributed by atoms with Crippen molar-refractivity contribution in [1.82, 2.24) is 9.80 Å². The van der Waals surface area contributed by atoms with Gasteiger partial charge in [0, 0.05) is 51.5 Å². The summed E-state index contributed by atoms with van der Waals surface area (Å²) in [5, 5.41) is 9.20. The summed E-state index contributed by atoms with van der Waals surface area (Å²) in [7, 11) is 0. The topological polar surface area (TPSA) is 47.0 Å². The normalized spacial score (nSPS) is 26.1. The summed E-state index contributed by atoms with van der Waals surface area (Å²) >= 11 is 0. The Morgan fingerprint density at radius 3 is 2.35 bits per heavy atom. The average molecular weight is 357 g/mol. The molecule has 3 saturated heterocycles. The second kappa shape index (κ2) is 7.10. The lowest BCUT2D eigenvalue weighted by Gasteiger charge is -2.26. The van der Waals surface area contributed by atoms with Crippen LogP contribution in [0.5, 0.6) is 0 Å². The average Bonchev–Trinajstić information content (AvgIpc) is 3.30. The number of hydrogen-bond acceptors (Lipinski definition) is 3. The van der Waals surface area contributed by atoms with Gasteiger partial charge >= 0.3 is 6.09 Å². The number of likely N-dealkylation sites (tertiary alicyclic amines) is 2. The maximum Gasteiger partial charge on any atom is 0.407 e.